The number of nitrogens with zero attached hydrogens (tertiary/aromatic N) is 1. The van der Waals surface area contributed by atoms with Crippen LogP contribution in [-0.2, 0) is 14.4 Å². The fraction of sp³-hybridized carbons (Fsp3) is 0.400. The first-order valence-corrected chi connectivity index (χ1v) is 6.78. The van der Waals surface area contributed by atoms with Crippen molar-refractivity contribution in [1.82, 2.24) is 5.32 Å². The number of amides is 3. The molecule has 1 aromatic carbocycles. The Bertz CT molecular complexity index is 569. The third-order valence-electron chi connectivity index (χ3n) is 3.34. The van der Waals surface area contributed by atoms with Crippen LogP contribution >= 0.6 is 0 Å². The van der Waals surface area contributed by atoms with Gasteiger partial charge in [-0.2, -0.15) is 0 Å². The minimum atomic E-state index is -0.640. The molecular weight excluding hydrogens is 270 g/mol. The van der Waals surface area contributed by atoms with Gasteiger partial charge in [-0.1, -0.05) is 18.2 Å². The largest absolute Gasteiger partial charge is 0.370 e. The van der Waals surface area contributed by atoms with Crippen molar-refractivity contribution in [1.29, 1.82) is 0 Å². The van der Waals surface area contributed by atoms with Crippen LogP contribution in [0.2, 0.25) is 0 Å². The summed E-state index contributed by atoms with van der Waals surface area (Å²) in [5, 5.41) is 3.05. The molecule has 1 atom stereocenters. The molecule has 21 heavy (non-hydrogen) atoms. The molecule has 0 aliphatic carbocycles. The molecule has 1 heterocycles. The van der Waals surface area contributed by atoms with Gasteiger partial charge in [-0.25, -0.2) is 4.90 Å². The lowest BCUT2D eigenvalue weighted by Crippen LogP contribution is -2.51. The number of carbonyl (C=O) groups excluding carboxylic acids is 3. The smallest absolute Gasteiger partial charge is 0.251 e. The van der Waals surface area contributed by atoms with E-state index >= 15 is 0 Å². The van der Waals surface area contributed by atoms with Crippen LogP contribution in [0.4, 0.5) is 5.69 Å². The van der Waals surface area contributed by atoms with E-state index in [-0.39, 0.29) is 24.7 Å². The second kappa shape index (κ2) is 5.65. The van der Waals surface area contributed by atoms with Crippen LogP contribution in [0.15, 0.2) is 30.3 Å². The van der Waals surface area contributed by atoms with Gasteiger partial charge in [-0.3, -0.25) is 19.7 Å². The van der Waals surface area contributed by atoms with E-state index in [1.54, 1.807) is 38.1 Å². The van der Waals surface area contributed by atoms with Crippen LogP contribution in [0.3, 0.4) is 0 Å². The lowest BCUT2D eigenvalue weighted by Gasteiger charge is -2.27. The molecule has 6 nitrogen and oxygen atoms in total. The second-order valence-corrected chi connectivity index (χ2v) is 5.83. The molecule has 112 valence electrons. The van der Waals surface area contributed by atoms with Crippen molar-refractivity contribution in [3.8, 4) is 0 Å². The Balaban J connectivity index is 2.13. The molecule has 1 aromatic rings. The summed E-state index contributed by atoms with van der Waals surface area (Å²) in [6, 6.07) is 8.16. The molecule has 1 aliphatic rings. The predicted molar refractivity (Wildman–Crippen MR) is 78.4 cm³/mol. The number of nitrogens with one attached hydrogen (secondary N) is 1. The SMILES string of the molecule is CC(C)(CC(N)=O)NC1CC(=O)N(c2ccccc2)C1=O. The molecule has 2 rings (SSSR count). The van der Waals surface area contributed by atoms with E-state index in [1.807, 2.05) is 6.07 Å². The van der Waals surface area contributed by atoms with Crippen LogP contribution < -0.4 is 16.0 Å². The zero-order chi connectivity index (χ0) is 15.6. The van der Waals surface area contributed by atoms with Gasteiger partial charge in [0.05, 0.1) is 18.2 Å². The first kappa shape index (κ1) is 15.2. The monoisotopic (exact) mass is 289 g/mol. The number of para-hydroxylation sites is 1. The normalized spacial score (nSPS) is 19.1. The third-order valence-corrected chi connectivity index (χ3v) is 3.34. The van der Waals surface area contributed by atoms with Crippen molar-refractivity contribution >= 4 is 23.4 Å². The van der Waals surface area contributed by atoms with Crippen LogP contribution in [0.25, 0.3) is 0 Å². The van der Waals surface area contributed by atoms with Gasteiger partial charge >= 0.3 is 0 Å². The number of primary amides is 1. The average molecular weight is 289 g/mol. The van der Waals surface area contributed by atoms with E-state index in [2.05, 4.69) is 5.32 Å². The molecule has 3 amide bonds. The molecule has 1 saturated heterocycles. The van der Waals surface area contributed by atoms with Crippen molar-refractivity contribution in [2.75, 3.05) is 4.90 Å². The maximum Gasteiger partial charge on any atom is 0.251 e. The first-order chi connectivity index (χ1) is 9.80. The highest BCUT2D eigenvalue weighted by atomic mass is 16.2. The molecular formula is C15H19N3O3. The number of benzene rings is 1. The van der Waals surface area contributed by atoms with Gasteiger partial charge in [0.2, 0.25) is 11.8 Å². The van der Waals surface area contributed by atoms with Gasteiger partial charge in [0, 0.05) is 12.0 Å². The summed E-state index contributed by atoms with van der Waals surface area (Å²) < 4.78 is 0. The third kappa shape index (κ3) is 3.46. The summed E-state index contributed by atoms with van der Waals surface area (Å²) in [5.74, 6) is -1.01. The molecule has 1 unspecified atom stereocenters. The zero-order valence-corrected chi connectivity index (χ0v) is 12.1. The highest BCUT2D eigenvalue weighted by molar-refractivity contribution is 6.22. The number of carbonyl (C=O) groups is 3. The zero-order valence-electron chi connectivity index (χ0n) is 12.1. The molecule has 3 N–H and O–H groups in total. The van der Waals surface area contributed by atoms with Crippen LogP contribution in [0.5, 0.6) is 0 Å². The van der Waals surface area contributed by atoms with Crippen molar-refractivity contribution < 1.29 is 14.4 Å². The van der Waals surface area contributed by atoms with Crippen molar-refractivity contribution in [2.24, 2.45) is 5.73 Å². The summed E-state index contributed by atoms with van der Waals surface area (Å²) >= 11 is 0. The Hall–Kier alpha value is -2.21. The van der Waals surface area contributed by atoms with Gasteiger partial charge in [0.15, 0.2) is 0 Å². The maximum atomic E-state index is 12.4. The maximum absolute atomic E-state index is 12.4. The van der Waals surface area contributed by atoms with Gasteiger partial charge in [-0.05, 0) is 26.0 Å². The molecule has 0 spiro atoms. The molecule has 0 aromatic heterocycles. The number of hydrogen-bond acceptors (Lipinski definition) is 4. The second-order valence-electron chi connectivity index (χ2n) is 5.83. The van der Waals surface area contributed by atoms with Crippen molar-refractivity contribution in [3.63, 3.8) is 0 Å². The van der Waals surface area contributed by atoms with Gasteiger partial charge in [0.25, 0.3) is 5.91 Å². The van der Waals surface area contributed by atoms with Gasteiger partial charge < -0.3 is 5.73 Å². The molecule has 0 bridgehead atoms. The van der Waals surface area contributed by atoms with E-state index < -0.39 is 17.5 Å². The number of anilines is 1. The lowest BCUT2D eigenvalue weighted by atomic mass is 9.98. The molecule has 0 radical (unpaired) electrons. The molecule has 0 saturated carbocycles. The summed E-state index contributed by atoms with van der Waals surface area (Å²) in [4.78, 5) is 36.7. The van der Waals surface area contributed by atoms with E-state index in [0.29, 0.717) is 5.69 Å². The van der Waals surface area contributed by atoms with E-state index in [4.69, 9.17) is 5.73 Å². The minimum Gasteiger partial charge on any atom is -0.370 e. The Morgan fingerprint density at radius 3 is 2.52 bits per heavy atom. The van der Waals surface area contributed by atoms with E-state index in [9.17, 15) is 14.4 Å². The van der Waals surface area contributed by atoms with Gasteiger partial charge in [0.1, 0.15) is 0 Å². The molecule has 1 aliphatic heterocycles. The van der Waals surface area contributed by atoms with Gasteiger partial charge in [-0.15, -0.1) is 0 Å². The fourth-order valence-electron chi connectivity index (χ4n) is 2.55. The summed E-state index contributed by atoms with van der Waals surface area (Å²) in [7, 11) is 0. The highest BCUT2D eigenvalue weighted by Crippen LogP contribution is 2.24. The number of nitrogens with two attached hydrogens (primary N) is 1. The molecule has 6 heteroatoms. The standard InChI is InChI=1S/C15H19N3O3/c1-15(2,9-12(16)19)17-11-8-13(20)18(14(11)21)10-6-4-3-5-7-10/h3-7,11,17H,8-9H2,1-2H3,(H2,16,19). The van der Waals surface area contributed by atoms with Crippen LogP contribution in [-0.4, -0.2) is 29.3 Å². The Morgan fingerprint density at radius 2 is 1.95 bits per heavy atom. The summed E-state index contributed by atoms with van der Waals surface area (Å²) in [5.41, 5.74) is 5.11. The number of hydrogen-bond donors (Lipinski definition) is 2. The topological polar surface area (TPSA) is 92.5 Å². The predicted octanol–water partition coefficient (Wildman–Crippen LogP) is 0.562. The lowest BCUT2D eigenvalue weighted by molar-refractivity contribution is -0.123. The average Bonchev–Trinajstić information content (AvgIpc) is 2.63. The Kier molecular flexibility index (Phi) is 4.09. The quantitative estimate of drug-likeness (QED) is 0.775. The number of imide groups is 1. The molecule has 1 fully saturated rings. The Morgan fingerprint density at radius 1 is 1.33 bits per heavy atom. The van der Waals surface area contributed by atoms with Crippen LogP contribution in [0, 0.1) is 0 Å². The highest BCUT2D eigenvalue weighted by Gasteiger charge is 2.41. The van der Waals surface area contributed by atoms with Crippen molar-refractivity contribution in [2.45, 2.75) is 38.3 Å². The number of rotatable bonds is 5. The first-order valence-electron chi connectivity index (χ1n) is 6.78. The van der Waals surface area contributed by atoms with E-state index in [1.165, 1.54) is 4.90 Å². The summed E-state index contributed by atoms with van der Waals surface area (Å²) in [6.07, 6.45) is 0.173. The fourth-order valence-corrected chi connectivity index (χ4v) is 2.55. The summed E-state index contributed by atoms with van der Waals surface area (Å²) in [6.45, 7) is 3.56. The van der Waals surface area contributed by atoms with Crippen molar-refractivity contribution in [3.05, 3.63) is 30.3 Å². The Labute approximate surface area is 123 Å². The van der Waals surface area contributed by atoms with Crippen LogP contribution in [0.1, 0.15) is 26.7 Å². The minimum absolute atomic E-state index is 0.0793. The van der Waals surface area contributed by atoms with E-state index in [0.717, 1.165) is 0 Å².